The highest BCUT2D eigenvalue weighted by Crippen LogP contribution is 2.27. The smallest absolute Gasteiger partial charge is 0.269 e. The standard InChI is InChI=1S/C18H26N2O4/c1-23-15-10-14(11-16(12-15)24-2)18(22)20-19-17(21)9-8-13-6-4-3-5-7-13/h10-13H,3-9H2,1-2H3,(H,19,21)(H,20,22). The van der Waals surface area contributed by atoms with Gasteiger partial charge in [0.05, 0.1) is 14.2 Å². The Labute approximate surface area is 142 Å². The molecule has 1 saturated carbocycles. The van der Waals surface area contributed by atoms with E-state index in [0.29, 0.717) is 29.4 Å². The third-order valence-corrected chi connectivity index (χ3v) is 4.43. The fourth-order valence-electron chi connectivity index (χ4n) is 3.01. The highest BCUT2D eigenvalue weighted by atomic mass is 16.5. The highest BCUT2D eigenvalue weighted by molar-refractivity contribution is 5.96. The summed E-state index contributed by atoms with van der Waals surface area (Å²) in [7, 11) is 3.03. The molecule has 2 rings (SSSR count). The second kappa shape index (κ2) is 9.15. The predicted octanol–water partition coefficient (Wildman–Crippen LogP) is 2.83. The third kappa shape index (κ3) is 5.44. The van der Waals surface area contributed by atoms with Crippen molar-refractivity contribution in [2.45, 2.75) is 44.9 Å². The van der Waals surface area contributed by atoms with Gasteiger partial charge in [0.15, 0.2) is 0 Å². The molecule has 0 spiro atoms. The lowest BCUT2D eigenvalue weighted by atomic mass is 9.86. The van der Waals surface area contributed by atoms with E-state index in [1.165, 1.54) is 46.3 Å². The molecule has 1 aliphatic rings. The number of hydrazine groups is 1. The van der Waals surface area contributed by atoms with Gasteiger partial charge >= 0.3 is 0 Å². The van der Waals surface area contributed by atoms with Crippen LogP contribution in [0.5, 0.6) is 11.5 Å². The van der Waals surface area contributed by atoms with Crippen molar-refractivity contribution in [3.8, 4) is 11.5 Å². The number of hydrogen-bond donors (Lipinski definition) is 2. The summed E-state index contributed by atoms with van der Waals surface area (Å²) in [6, 6.07) is 4.86. The molecule has 0 aromatic heterocycles. The molecular formula is C18H26N2O4. The van der Waals surface area contributed by atoms with Crippen LogP contribution in [-0.2, 0) is 4.79 Å². The Balaban J connectivity index is 1.80. The van der Waals surface area contributed by atoms with Crippen molar-refractivity contribution in [3.05, 3.63) is 23.8 Å². The lowest BCUT2D eigenvalue weighted by molar-refractivity contribution is -0.122. The molecule has 132 valence electrons. The van der Waals surface area contributed by atoms with Crippen molar-refractivity contribution in [2.75, 3.05) is 14.2 Å². The van der Waals surface area contributed by atoms with E-state index in [4.69, 9.17) is 9.47 Å². The first kappa shape index (κ1) is 18.1. The molecule has 0 saturated heterocycles. The topological polar surface area (TPSA) is 76.7 Å². The van der Waals surface area contributed by atoms with Crippen LogP contribution in [0.15, 0.2) is 18.2 Å². The van der Waals surface area contributed by atoms with Gasteiger partial charge in [-0.2, -0.15) is 0 Å². The average molecular weight is 334 g/mol. The number of rotatable bonds is 6. The van der Waals surface area contributed by atoms with Crippen molar-refractivity contribution < 1.29 is 19.1 Å². The molecule has 6 heteroatoms. The molecule has 6 nitrogen and oxygen atoms in total. The number of hydrogen-bond acceptors (Lipinski definition) is 4. The number of methoxy groups -OCH3 is 2. The Bertz CT molecular complexity index is 546. The second-order valence-corrected chi connectivity index (χ2v) is 6.15. The maximum atomic E-state index is 12.2. The zero-order valence-electron chi connectivity index (χ0n) is 14.4. The Morgan fingerprint density at radius 3 is 2.21 bits per heavy atom. The van der Waals surface area contributed by atoms with Crippen LogP contribution in [0.1, 0.15) is 55.3 Å². The molecule has 0 atom stereocenters. The quantitative estimate of drug-likeness (QED) is 0.784. The normalized spacial score (nSPS) is 14.8. The molecule has 1 aromatic carbocycles. The van der Waals surface area contributed by atoms with Crippen molar-refractivity contribution >= 4 is 11.8 Å². The van der Waals surface area contributed by atoms with E-state index >= 15 is 0 Å². The minimum atomic E-state index is -0.404. The maximum Gasteiger partial charge on any atom is 0.269 e. The molecular weight excluding hydrogens is 308 g/mol. The van der Waals surface area contributed by atoms with Gasteiger partial charge in [-0.05, 0) is 24.5 Å². The van der Waals surface area contributed by atoms with Gasteiger partial charge in [-0.1, -0.05) is 32.1 Å². The summed E-state index contributed by atoms with van der Waals surface area (Å²) in [5, 5.41) is 0. The predicted molar refractivity (Wildman–Crippen MR) is 91.0 cm³/mol. The van der Waals surface area contributed by atoms with Crippen LogP contribution in [0.2, 0.25) is 0 Å². The lowest BCUT2D eigenvalue weighted by Crippen LogP contribution is -2.41. The fourth-order valence-corrected chi connectivity index (χ4v) is 3.01. The van der Waals surface area contributed by atoms with Gasteiger partial charge in [-0.15, -0.1) is 0 Å². The summed E-state index contributed by atoms with van der Waals surface area (Å²) < 4.78 is 10.3. The van der Waals surface area contributed by atoms with E-state index in [0.717, 1.165) is 6.42 Å². The Morgan fingerprint density at radius 1 is 1.00 bits per heavy atom. The van der Waals surface area contributed by atoms with Gasteiger partial charge in [0, 0.05) is 18.1 Å². The van der Waals surface area contributed by atoms with E-state index in [-0.39, 0.29) is 5.91 Å². The Hall–Kier alpha value is -2.24. The summed E-state index contributed by atoms with van der Waals surface area (Å²) in [5.41, 5.74) is 5.27. The van der Waals surface area contributed by atoms with E-state index in [2.05, 4.69) is 10.9 Å². The van der Waals surface area contributed by atoms with Crippen LogP contribution in [0.4, 0.5) is 0 Å². The summed E-state index contributed by atoms with van der Waals surface area (Å²) in [4.78, 5) is 24.0. The van der Waals surface area contributed by atoms with Gasteiger partial charge in [0.25, 0.3) is 5.91 Å². The molecule has 2 amide bonds. The Morgan fingerprint density at radius 2 is 1.62 bits per heavy atom. The first-order chi connectivity index (χ1) is 11.6. The molecule has 0 radical (unpaired) electrons. The van der Waals surface area contributed by atoms with Gasteiger partial charge in [0.1, 0.15) is 11.5 Å². The van der Waals surface area contributed by atoms with Crippen LogP contribution in [0.25, 0.3) is 0 Å². The molecule has 0 bridgehead atoms. The van der Waals surface area contributed by atoms with Crippen LogP contribution >= 0.6 is 0 Å². The van der Waals surface area contributed by atoms with Crippen LogP contribution < -0.4 is 20.3 Å². The van der Waals surface area contributed by atoms with Gasteiger partial charge in [0.2, 0.25) is 5.91 Å². The molecule has 0 heterocycles. The summed E-state index contributed by atoms with van der Waals surface area (Å²) in [6.07, 6.45) is 7.58. The van der Waals surface area contributed by atoms with Crippen LogP contribution in [-0.4, -0.2) is 26.0 Å². The first-order valence-corrected chi connectivity index (χ1v) is 8.44. The molecule has 1 aliphatic carbocycles. The van der Waals surface area contributed by atoms with E-state index in [9.17, 15) is 9.59 Å². The summed E-state index contributed by atoms with van der Waals surface area (Å²) >= 11 is 0. The second-order valence-electron chi connectivity index (χ2n) is 6.15. The van der Waals surface area contributed by atoms with E-state index in [1.54, 1.807) is 18.2 Å². The molecule has 1 fully saturated rings. The minimum Gasteiger partial charge on any atom is -0.497 e. The van der Waals surface area contributed by atoms with Crippen molar-refractivity contribution in [2.24, 2.45) is 5.92 Å². The summed E-state index contributed by atoms with van der Waals surface area (Å²) in [6.45, 7) is 0. The average Bonchev–Trinajstić information content (AvgIpc) is 2.64. The number of carbonyl (C=O) groups is 2. The largest absolute Gasteiger partial charge is 0.497 e. The zero-order valence-corrected chi connectivity index (χ0v) is 14.4. The van der Waals surface area contributed by atoms with E-state index < -0.39 is 5.91 Å². The third-order valence-electron chi connectivity index (χ3n) is 4.43. The molecule has 0 aliphatic heterocycles. The number of amides is 2. The molecule has 24 heavy (non-hydrogen) atoms. The maximum absolute atomic E-state index is 12.2. The number of carbonyl (C=O) groups excluding carboxylic acids is 2. The molecule has 1 aromatic rings. The monoisotopic (exact) mass is 334 g/mol. The Kier molecular flexibility index (Phi) is 6.90. The lowest BCUT2D eigenvalue weighted by Gasteiger charge is -2.21. The van der Waals surface area contributed by atoms with Crippen LogP contribution in [0.3, 0.4) is 0 Å². The van der Waals surface area contributed by atoms with Crippen LogP contribution in [0, 0.1) is 5.92 Å². The van der Waals surface area contributed by atoms with E-state index in [1.807, 2.05) is 0 Å². The zero-order chi connectivity index (χ0) is 17.4. The van der Waals surface area contributed by atoms with Crippen molar-refractivity contribution in [3.63, 3.8) is 0 Å². The SMILES string of the molecule is COc1cc(OC)cc(C(=O)NNC(=O)CCC2CCCCC2)c1. The number of benzene rings is 1. The van der Waals surface area contributed by atoms with Gasteiger partial charge in [-0.3, -0.25) is 20.4 Å². The van der Waals surface area contributed by atoms with Crippen molar-refractivity contribution in [1.82, 2.24) is 10.9 Å². The van der Waals surface area contributed by atoms with Gasteiger partial charge in [-0.25, -0.2) is 0 Å². The van der Waals surface area contributed by atoms with Crippen molar-refractivity contribution in [1.29, 1.82) is 0 Å². The highest BCUT2D eigenvalue weighted by Gasteiger charge is 2.15. The minimum absolute atomic E-state index is 0.163. The van der Waals surface area contributed by atoms with Gasteiger partial charge < -0.3 is 9.47 Å². The molecule has 0 unspecified atom stereocenters. The summed E-state index contributed by atoms with van der Waals surface area (Å²) in [5.74, 6) is 1.11. The first-order valence-electron chi connectivity index (χ1n) is 8.44. The molecule has 2 N–H and O–H groups in total. The number of nitrogens with one attached hydrogen (secondary N) is 2. The fraction of sp³-hybridized carbons (Fsp3) is 0.556. The number of ether oxygens (including phenoxy) is 2.